The first-order valence-electron chi connectivity index (χ1n) is 11.6. The summed E-state index contributed by atoms with van der Waals surface area (Å²) in [7, 11) is 0. The number of nitrogens with zero attached hydrogens (tertiary/aromatic N) is 2. The van der Waals surface area contributed by atoms with E-state index in [1.807, 2.05) is 6.92 Å². The monoisotopic (exact) mass is 410 g/mol. The Bertz CT molecular complexity index is 724. The van der Waals surface area contributed by atoms with Crippen molar-refractivity contribution in [2.24, 2.45) is 0 Å². The van der Waals surface area contributed by atoms with Crippen LogP contribution in [0.5, 0.6) is 5.75 Å². The molecule has 1 aromatic carbocycles. The zero-order valence-electron chi connectivity index (χ0n) is 19.0. The van der Waals surface area contributed by atoms with Crippen molar-refractivity contribution in [1.82, 2.24) is 9.97 Å². The van der Waals surface area contributed by atoms with E-state index in [0.717, 1.165) is 56.0 Å². The number of aryl methyl sites for hydroxylation is 1. The predicted octanol–water partition coefficient (Wildman–Crippen LogP) is 7.15. The molecule has 0 aliphatic rings. The second kappa shape index (κ2) is 14.7. The van der Waals surface area contributed by atoms with Crippen molar-refractivity contribution in [3.05, 3.63) is 54.1 Å². The lowest BCUT2D eigenvalue weighted by atomic mass is 10.0. The molecule has 4 heteroatoms. The molecule has 164 valence electrons. The maximum atomic E-state index is 5.82. The molecule has 4 nitrogen and oxygen atoms in total. The number of rotatable bonds is 15. The van der Waals surface area contributed by atoms with Crippen LogP contribution in [-0.4, -0.2) is 23.2 Å². The molecule has 1 heterocycles. The first kappa shape index (κ1) is 24.1. The van der Waals surface area contributed by atoms with E-state index in [2.05, 4.69) is 54.2 Å². The molecule has 2 aromatic rings. The molecule has 0 N–H and O–H groups in total. The summed E-state index contributed by atoms with van der Waals surface area (Å²) >= 11 is 0. The number of aromatic nitrogens is 2. The summed E-state index contributed by atoms with van der Waals surface area (Å²) in [5.74, 6) is 2.32. The molecule has 0 unspecified atom stereocenters. The lowest BCUT2D eigenvalue weighted by Crippen LogP contribution is -1.96. The van der Waals surface area contributed by atoms with Gasteiger partial charge in [-0.15, -0.1) is 0 Å². The highest BCUT2D eigenvalue weighted by Crippen LogP contribution is 2.19. The highest BCUT2D eigenvalue weighted by molar-refractivity contribution is 5.55. The van der Waals surface area contributed by atoms with Gasteiger partial charge in [0, 0.05) is 18.8 Å². The zero-order valence-corrected chi connectivity index (χ0v) is 19.0. The van der Waals surface area contributed by atoms with Crippen molar-refractivity contribution in [2.45, 2.75) is 78.6 Å². The third kappa shape index (κ3) is 9.53. The van der Waals surface area contributed by atoms with E-state index in [9.17, 15) is 0 Å². The Labute approximate surface area is 182 Å². The second-order valence-corrected chi connectivity index (χ2v) is 7.77. The van der Waals surface area contributed by atoms with Gasteiger partial charge in [-0.25, -0.2) is 9.97 Å². The molecule has 0 radical (unpaired) electrons. The lowest BCUT2D eigenvalue weighted by molar-refractivity contribution is 0.130. The van der Waals surface area contributed by atoms with Crippen LogP contribution in [0.15, 0.2) is 48.5 Å². The minimum absolute atomic E-state index is 0.683. The van der Waals surface area contributed by atoms with Gasteiger partial charge in [0.25, 0.3) is 0 Å². The van der Waals surface area contributed by atoms with Crippen molar-refractivity contribution in [2.75, 3.05) is 13.2 Å². The highest BCUT2D eigenvalue weighted by atomic mass is 16.5. The number of allylic oxidation sites excluding steroid dienone is 2. The molecule has 0 aliphatic heterocycles. The Morgan fingerprint density at radius 2 is 1.63 bits per heavy atom. The van der Waals surface area contributed by atoms with Crippen LogP contribution in [0, 0.1) is 0 Å². The van der Waals surface area contributed by atoms with E-state index in [1.165, 1.54) is 37.7 Å². The van der Waals surface area contributed by atoms with E-state index < -0.39 is 0 Å². The molecule has 0 spiro atoms. The Hall–Kier alpha value is -2.20. The summed E-state index contributed by atoms with van der Waals surface area (Å²) in [6.07, 6.45) is 16.1. The van der Waals surface area contributed by atoms with Crippen molar-refractivity contribution >= 4 is 0 Å². The molecule has 30 heavy (non-hydrogen) atoms. The van der Waals surface area contributed by atoms with Crippen LogP contribution in [-0.2, 0) is 11.2 Å². The van der Waals surface area contributed by atoms with E-state index in [1.54, 1.807) is 12.4 Å². The Morgan fingerprint density at radius 1 is 0.867 bits per heavy atom. The fourth-order valence-corrected chi connectivity index (χ4v) is 3.22. The standard InChI is InChI=1S/C26H38N2O2/c1-4-6-7-9-12-22(3)30-25-20-27-26(28-21-25)24-16-14-23(15-17-24)13-10-8-11-19-29-18-5-2/h12,14-17,20-21H,4-11,13,18-19H2,1-3H3. The van der Waals surface area contributed by atoms with Gasteiger partial charge in [-0.3, -0.25) is 0 Å². The summed E-state index contributed by atoms with van der Waals surface area (Å²) in [5, 5.41) is 0. The van der Waals surface area contributed by atoms with Crippen molar-refractivity contribution in [3.63, 3.8) is 0 Å². The minimum Gasteiger partial charge on any atom is -0.459 e. The van der Waals surface area contributed by atoms with Crippen LogP contribution in [0.2, 0.25) is 0 Å². The van der Waals surface area contributed by atoms with Crippen LogP contribution >= 0.6 is 0 Å². The van der Waals surface area contributed by atoms with Crippen molar-refractivity contribution in [3.8, 4) is 17.1 Å². The first-order valence-corrected chi connectivity index (χ1v) is 11.6. The van der Waals surface area contributed by atoms with Gasteiger partial charge >= 0.3 is 0 Å². The SMILES string of the molecule is CCCCCC=C(C)Oc1cnc(-c2ccc(CCCCCOCCC)cc2)nc1. The van der Waals surface area contributed by atoms with Gasteiger partial charge in [0.1, 0.15) is 0 Å². The third-order valence-corrected chi connectivity index (χ3v) is 4.96. The van der Waals surface area contributed by atoms with Gasteiger partial charge in [0.05, 0.1) is 18.2 Å². The first-order chi connectivity index (χ1) is 14.7. The highest BCUT2D eigenvalue weighted by Gasteiger charge is 2.04. The van der Waals surface area contributed by atoms with Gasteiger partial charge in [-0.2, -0.15) is 0 Å². The van der Waals surface area contributed by atoms with Gasteiger partial charge in [0.2, 0.25) is 0 Å². The molecule has 0 saturated heterocycles. The molecule has 0 atom stereocenters. The van der Waals surface area contributed by atoms with Crippen LogP contribution < -0.4 is 4.74 Å². The minimum atomic E-state index is 0.683. The summed E-state index contributed by atoms with van der Waals surface area (Å²) in [5.41, 5.74) is 2.39. The van der Waals surface area contributed by atoms with Crippen LogP contribution in [0.1, 0.15) is 77.7 Å². The molecule has 0 amide bonds. The van der Waals surface area contributed by atoms with E-state index in [-0.39, 0.29) is 0 Å². The molecule has 2 rings (SSSR count). The van der Waals surface area contributed by atoms with Crippen LogP contribution in [0.25, 0.3) is 11.4 Å². The number of unbranched alkanes of at least 4 members (excludes halogenated alkanes) is 5. The Balaban J connectivity index is 1.76. The second-order valence-electron chi connectivity index (χ2n) is 7.77. The fourth-order valence-electron chi connectivity index (χ4n) is 3.22. The quantitative estimate of drug-likeness (QED) is 0.231. The predicted molar refractivity (Wildman–Crippen MR) is 125 cm³/mol. The summed E-state index contributed by atoms with van der Waals surface area (Å²) in [4.78, 5) is 8.95. The van der Waals surface area contributed by atoms with E-state index in [4.69, 9.17) is 9.47 Å². The molecule has 0 aliphatic carbocycles. The van der Waals surface area contributed by atoms with E-state index in [0.29, 0.717) is 5.75 Å². The molecular formula is C26H38N2O2. The molecule has 0 bridgehead atoms. The van der Waals surface area contributed by atoms with Crippen LogP contribution in [0.3, 0.4) is 0 Å². The normalized spacial score (nSPS) is 11.6. The maximum Gasteiger partial charge on any atom is 0.163 e. The van der Waals surface area contributed by atoms with Gasteiger partial charge < -0.3 is 9.47 Å². The van der Waals surface area contributed by atoms with Crippen molar-refractivity contribution < 1.29 is 9.47 Å². The Morgan fingerprint density at radius 3 is 2.33 bits per heavy atom. The van der Waals surface area contributed by atoms with Gasteiger partial charge in [0.15, 0.2) is 11.6 Å². The summed E-state index contributed by atoms with van der Waals surface area (Å²) in [6.45, 7) is 8.11. The smallest absolute Gasteiger partial charge is 0.163 e. The summed E-state index contributed by atoms with van der Waals surface area (Å²) in [6, 6.07) is 8.57. The molecule has 0 saturated carbocycles. The molecular weight excluding hydrogens is 372 g/mol. The summed E-state index contributed by atoms with van der Waals surface area (Å²) < 4.78 is 11.3. The lowest BCUT2D eigenvalue weighted by Gasteiger charge is -2.07. The Kier molecular flexibility index (Phi) is 11.8. The topological polar surface area (TPSA) is 44.2 Å². The van der Waals surface area contributed by atoms with Crippen molar-refractivity contribution in [1.29, 1.82) is 0 Å². The molecule has 1 aromatic heterocycles. The van der Waals surface area contributed by atoms with Gasteiger partial charge in [-0.1, -0.05) is 57.4 Å². The zero-order chi connectivity index (χ0) is 21.4. The number of hydrogen-bond acceptors (Lipinski definition) is 4. The maximum absolute atomic E-state index is 5.82. The average molecular weight is 411 g/mol. The number of benzene rings is 1. The molecule has 0 fully saturated rings. The van der Waals surface area contributed by atoms with E-state index >= 15 is 0 Å². The fraction of sp³-hybridized carbons (Fsp3) is 0.538. The third-order valence-electron chi connectivity index (χ3n) is 4.96. The number of hydrogen-bond donors (Lipinski definition) is 0. The number of ether oxygens (including phenoxy) is 2. The van der Waals surface area contributed by atoms with Gasteiger partial charge in [-0.05, 0) is 57.1 Å². The van der Waals surface area contributed by atoms with Crippen LogP contribution in [0.4, 0.5) is 0 Å². The average Bonchev–Trinajstić information content (AvgIpc) is 2.77. The largest absolute Gasteiger partial charge is 0.459 e.